The number of hydrogen-bond donors (Lipinski definition) is 3. The highest BCUT2D eigenvalue weighted by atomic mass is 16.5. The van der Waals surface area contributed by atoms with Gasteiger partial charge in [0, 0.05) is 11.1 Å². The molecule has 0 unspecified atom stereocenters. The van der Waals surface area contributed by atoms with Crippen molar-refractivity contribution in [3.05, 3.63) is 63.9 Å². The zero-order chi connectivity index (χ0) is 22.9. The fourth-order valence-corrected chi connectivity index (χ4v) is 3.91. The zero-order valence-corrected chi connectivity index (χ0v) is 17.9. The summed E-state index contributed by atoms with van der Waals surface area (Å²) in [5.74, 6) is 1.39. The second kappa shape index (κ2) is 8.26. The van der Waals surface area contributed by atoms with Gasteiger partial charge in [0.25, 0.3) is 5.56 Å². The van der Waals surface area contributed by atoms with Gasteiger partial charge in [0.15, 0.2) is 11.5 Å². The number of tetrazole rings is 1. The van der Waals surface area contributed by atoms with E-state index in [0.29, 0.717) is 47.4 Å². The molecule has 168 valence electrons. The summed E-state index contributed by atoms with van der Waals surface area (Å²) in [7, 11) is 0. The number of benzene rings is 2. The van der Waals surface area contributed by atoms with Crippen LogP contribution in [0.3, 0.4) is 0 Å². The molecule has 3 heterocycles. The van der Waals surface area contributed by atoms with Gasteiger partial charge >= 0.3 is 0 Å². The molecule has 33 heavy (non-hydrogen) atoms. The Morgan fingerprint density at radius 3 is 2.64 bits per heavy atom. The molecule has 0 aliphatic carbocycles. The Labute approximate surface area is 188 Å². The number of ether oxygens (including phenoxy) is 2. The minimum Gasteiger partial charge on any atom is -0.504 e. The fourth-order valence-electron chi connectivity index (χ4n) is 3.91. The quantitative estimate of drug-likeness (QED) is 0.358. The third-order valence-electron chi connectivity index (χ3n) is 5.31. The Morgan fingerprint density at radius 2 is 1.88 bits per heavy atom. The molecule has 5 rings (SSSR count). The number of aromatic nitrogens is 6. The standard InChI is InChI=1S/C22H21N7O4/c1-3-32-14-8-5-12(6-9-14)18-17-19(21(31)25-24-18)23-22-26-27-28-29(22)20(17)13-7-10-15(30)16(11-13)33-4-2/h5-11,20,30H,3-4H2,1-2H3,(H,25,31)(H,23,26,28)/t20-/m1/s1. The molecular weight excluding hydrogens is 426 g/mol. The number of anilines is 2. The van der Waals surface area contributed by atoms with Crippen LogP contribution >= 0.6 is 0 Å². The van der Waals surface area contributed by atoms with Crippen LogP contribution < -0.4 is 20.3 Å². The van der Waals surface area contributed by atoms with Crippen LogP contribution in [0, 0.1) is 0 Å². The molecule has 3 N–H and O–H groups in total. The lowest BCUT2D eigenvalue weighted by Gasteiger charge is -2.28. The summed E-state index contributed by atoms with van der Waals surface area (Å²) in [6.45, 7) is 4.69. The Balaban J connectivity index is 1.73. The van der Waals surface area contributed by atoms with Gasteiger partial charge in [-0.2, -0.15) is 9.78 Å². The van der Waals surface area contributed by atoms with Gasteiger partial charge in [-0.25, -0.2) is 5.10 Å². The summed E-state index contributed by atoms with van der Waals surface area (Å²) in [6.07, 6.45) is 0. The van der Waals surface area contributed by atoms with Crippen molar-refractivity contribution in [1.29, 1.82) is 0 Å². The van der Waals surface area contributed by atoms with Crippen LogP contribution in [0.2, 0.25) is 0 Å². The maximum atomic E-state index is 12.8. The number of rotatable bonds is 6. The van der Waals surface area contributed by atoms with Gasteiger partial charge in [0.1, 0.15) is 17.5 Å². The number of H-pyrrole nitrogens is 1. The summed E-state index contributed by atoms with van der Waals surface area (Å²) in [5.41, 5.74) is 2.54. The Morgan fingerprint density at radius 1 is 1.09 bits per heavy atom. The molecule has 0 fully saturated rings. The summed E-state index contributed by atoms with van der Waals surface area (Å²) in [4.78, 5) is 12.8. The first kappa shape index (κ1) is 20.5. The predicted octanol–water partition coefficient (Wildman–Crippen LogP) is 2.62. The van der Waals surface area contributed by atoms with Gasteiger partial charge in [-0.3, -0.25) is 4.79 Å². The van der Waals surface area contributed by atoms with Crippen LogP contribution in [0.15, 0.2) is 47.3 Å². The van der Waals surface area contributed by atoms with Gasteiger partial charge in [-0.05, 0) is 66.2 Å². The number of aromatic hydroxyl groups is 1. The first-order valence-corrected chi connectivity index (χ1v) is 10.5. The molecule has 0 spiro atoms. The van der Waals surface area contributed by atoms with Crippen molar-refractivity contribution in [2.45, 2.75) is 19.9 Å². The van der Waals surface area contributed by atoms with Crippen molar-refractivity contribution >= 4 is 11.6 Å². The van der Waals surface area contributed by atoms with E-state index < -0.39 is 11.6 Å². The molecule has 1 aliphatic rings. The molecule has 0 saturated carbocycles. The molecule has 11 heteroatoms. The lowest BCUT2D eigenvalue weighted by atomic mass is 9.92. The van der Waals surface area contributed by atoms with Gasteiger partial charge in [-0.1, -0.05) is 11.2 Å². The van der Waals surface area contributed by atoms with Crippen LogP contribution in [0.25, 0.3) is 11.3 Å². The average molecular weight is 447 g/mol. The summed E-state index contributed by atoms with van der Waals surface area (Å²) in [5, 5.41) is 32.1. The SMILES string of the molecule is CCOc1ccc(-c2n[nH]c(=O)c3c2[C@@H](c2ccc(O)c(OCC)c2)n2nnnc2N3)cc1. The van der Waals surface area contributed by atoms with E-state index in [1.165, 1.54) is 0 Å². The number of nitrogens with one attached hydrogen (secondary N) is 2. The molecule has 1 atom stereocenters. The Kier molecular flexibility index (Phi) is 5.13. The molecule has 0 bridgehead atoms. The monoisotopic (exact) mass is 447 g/mol. The Bertz CT molecular complexity index is 1360. The van der Waals surface area contributed by atoms with Crippen LogP contribution in [0.4, 0.5) is 11.6 Å². The first-order valence-electron chi connectivity index (χ1n) is 10.5. The third kappa shape index (κ3) is 3.53. The van der Waals surface area contributed by atoms with Gasteiger partial charge in [0.2, 0.25) is 5.95 Å². The van der Waals surface area contributed by atoms with E-state index in [2.05, 4.69) is 31.0 Å². The number of phenolic OH excluding ortho intramolecular Hbond substituents is 1. The molecule has 0 radical (unpaired) electrons. The largest absolute Gasteiger partial charge is 0.504 e. The molecule has 4 aromatic rings. The third-order valence-corrected chi connectivity index (χ3v) is 5.31. The van der Waals surface area contributed by atoms with Gasteiger partial charge in [0.05, 0.1) is 18.9 Å². The number of nitrogens with zero attached hydrogens (tertiary/aromatic N) is 5. The highest BCUT2D eigenvalue weighted by Gasteiger charge is 2.34. The fraction of sp³-hybridized carbons (Fsp3) is 0.227. The van der Waals surface area contributed by atoms with Crippen molar-refractivity contribution in [3.8, 4) is 28.5 Å². The maximum absolute atomic E-state index is 12.8. The highest BCUT2D eigenvalue weighted by Crippen LogP contribution is 2.43. The second-order valence-electron chi connectivity index (χ2n) is 7.28. The van der Waals surface area contributed by atoms with Crippen LogP contribution in [-0.4, -0.2) is 48.7 Å². The minimum absolute atomic E-state index is 0.0162. The van der Waals surface area contributed by atoms with Gasteiger partial charge < -0.3 is 19.9 Å². The minimum atomic E-state index is -0.595. The zero-order valence-electron chi connectivity index (χ0n) is 17.9. The van der Waals surface area contributed by atoms with Crippen molar-refractivity contribution in [2.24, 2.45) is 0 Å². The number of fused-ring (bicyclic) bond motifs is 2. The number of phenols is 1. The van der Waals surface area contributed by atoms with E-state index in [1.54, 1.807) is 22.9 Å². The summed E-state index contributed by atoms with van der Waals surface area (Å²) < 4.78 is 12.7. The first-order chi connectivity index (χ1) is 16.1. The van der Waals surface area contributed by atoms with E-state index in [0.717, 1.165) is 11.3 Å². The average Bonchev–Trinajstić information content (AvgIpc) is 3.29. The van der Waals surface area contributed by atoms with E-state index in [1.807, 2.05) is 38.1 Å². The molecule has 2 aromatic carbocycles. The topological polar surface area (TPSA) is 140 Å². The Hall–Kier alpha value is -4.41. The second-order valence-corrected chi connectivity index (χ2v) is 7.28. The van der Waals surface area contributed by atoms with Crippen molar-refractivity contribution < 1.29 is 14.6 Å². The molecule has 0 saturated heterocycles. The molecule has 2 aromatic heterocycles. The highest BCUT2D eigenvalue weighted by molar-refractivity contribution is 5.75. The van der Waals surface area contributed by atoms with Crippen molar-refractivity contribution in [3.63, 3.8) is 0 Å². The maximum Gasteiger partial charge on any atom is 0.288 e. The van der Waals surface area contributed by atoms with E-state index in [4.69, 9.17) is 9.47 Å². The summed E-state index contributed by atoms with van der Waals surface area (Å²) >= 11 is 0. The molecular formula is C22H21N7O4. The van der Waals surface area contributed by atoms with Crippen molar-refractivity contribution in [1.82, 2.24) is 30.4 Å². The molecule has 1 aliphatic heterocycles. The lowest BCUT2D eigenvalue weighted by Crippen LogP contribution is -2.29. The smallest absolute Gasteiger partial charge is 0.288 e. The number of aromatic amines is 1. The summed E-state index contributed by atoms with van der Waals surface area (Å²) in [6, 6.07) is 11.9. The van der Waals surface area contributed by atoms with Crippen LogP contribution in [-0.2, 0) is 0 Å². The molecule has 0 amide bonds. The van der Waals surface area contributed by atoms with Crippen LogP contribution in [0.1, 0.15) is 31.0 Å². The van der Waals surface area contributed by atoms with Gasteiger partial charge in [-0.15, -0.1) is 0 Å². The van der Waals surface area contributed by atoms with Crippen molar-refractivity contribution in [2.75, 3.05) is 18.5 Å². The lowest BCUT2D eigenvalue weighted by molar-refractivity contribution is 0.317. The normalized spacial score (nSPS) is 14.2. The van der Waals surface area contributed by atoms with E-state index in [-0.39, 0.29) is 5.75 Å². The van der Waals surface area contributed by atoms with E-state index in [9.17, 15) is 9.90 Å². The molecule has 11 nitrogen and oxygen atoms in total. The van der Waals surface area contributed by atoms with E-state index >= 15 is 0 Å². The predicted molar refractivity (Wildman–Crippen MR) is 119 cm³/mol. The van der Waals surface area contributed by atoms with Crippen LogP contribution in [0.5, 0.6) is 17.2 Å². The number of hydrogen-bond acceptors (Lipinski definition) is 9.